The molecule has 32 heavy (non-hydrogen) atoms. The number of alkyl halides is 2. The van der Waals surface area contributed by atoms with Gasteiger partial charge in [0, 0.05) is 11.5 Å². The minimum atomic E-state index is -3.57. The molecule has 2 heterocycles. The summed E-state index contributed by atoms with van der Waals surface area (Å²) in [5.41, 5.74) is 2.55. The number of rotatable bonds is 7. The van der Waals surface area contributed by atoms with Gasteiger partial charge in [-0.05, 0) is 35.9 Å². The zero-order valence-corrected chi connectivity index (χ0v) is 19.1. The summed E-state index contributed by atoms with van der Waals surface area (Å²) in [7, 11) is -3.57. The smallest absolute Gasteiger partial charge is 0.314 e. The zero-order chi connectivity index (χ0) is 23.0. The molecule has 0 fully saturated rings. The van der Waals surface area contributed by atoms with Gasteiger partial charge in [0.1, 0.15) is 0 Å². The summed E-state index contributed by atoms with van der Waals surface area (Å²) in [6, 6.07) is 12.0. The molecule has 0 aliphatic heterocycles. The molecule has 0 saturated heterocycles. The fourth-order valence-corrected chi connectivity index (χ4v) is 4.97. The van der Waals surface area contributed by atoms with Gasteiger partial charge in [0.15, 0.2) is 0 Å². The van der Waals surface area contributed by atoms with E-state index < -0.39 is 22.3 Å². The Balaban J connectivity index is 1.61. The summed E-state index contributed by atoms with van der Waals surface area (Å²) in [5, 5.41) is 7.93. The first-order valence-corrected chi connectivity index (χ1v) is 12.4. The van der Waals surface area contributed by atoms with Crippen molar-refractivity contribution >= 4 is 37.3 Å². The largest absolute Gasteiger partial charge is 0.415 e. The highest BCUT2D eigenvalue weighted by atomic mass is 32.2. The topological polar surface area (TPSA) is 89.2 Å². The van der Waals surface area contributed by atoms with E-state index in [1.54, 1.807) is 41.7 Å². The fourth-order valence-electron chi connectivity index (χ4n) is 3.09. The van der Waals surface area contributed by atoms with Gasteiger partial charge in [-0.15, -0.1) is 21.5 Å². The molecule has 0 bridgehead atoms. The van der Waals surface area contributed by atoms with Crippen LogP contribution >= 0.6 is 11.3 Å². The molecular weight excluding hydrogens is 458 g/mol. The van der Waals surface area contributed by atoms with Crippen molar-refractivity contribution in [3.8, 4) is 11.5 Å². The SMILES string of the molecule is CC(C)c1nc2ccc(N(Cc3ccc(-c4nnc(C(F)F)o4)cc3)S(C)(=O)=O)cc2s1. The molecule has 0 unspecified atom stereocenters. The van der Waals surface area contributed by atoms with E-state index >= 15 is 0 Å². The quantitative estimate of drug-likeness (QED) is 0.355. The molecule has 168 valence electrons. The van der Waals surface area contributed by atoms with Crippen LogP contribution in [-0.2, 0) is 16.6 Å². The van der Waals surface area contributed by atoms with E-state index in [1.165, 1.54) is 4.31 Å². The number of hydrogen-bond acceptors (Lipinski definition) is 7. The summed E-state index contributed by atoms with van der Waals surface area (Å²) in [4.78, 5) is 4.59. The Kier molecular flexibility index (Phi) is 5.95. The Bertz CT molecular complexity index is 1350. The Morgan fingerprint density at radius 2 is 1.81 bits per heavy atom. The normalized spacial score (nSPS) is 12.2. The van der Waals surface area contributed by atoms with Crippen molar-refractivity contribution in [1.82, 2.24) is 15.2 Å². The number of anilines is 1. The van der Waals surface area contributed by atoms with E-state index in [0.29, 0.717) is 16.8 Å². The Hall–Kier alpha value is -2.92. The average Bonchev–Trinajstić information content (AvgIpc) is 3.38. The van der Waals surface area contributed by atoms with Gasteiger partial charge in [-0.1, -0.05) is 26.0 Å². The van der Waals surface area contributed by atoms with Crippen molar-refractivity contribution in [2.75, 3.05) is 10.6 Å². The van der Waals surface area contributed by atoms with Gasteiger partial charge in [-0.2, -0.15) is 8.78 Å². The number of halogens is 2. The van der Waals surface area contributed by atoms with E-state index in [9.17, 15) is 17.2 Å². The molecule has 0 saturated carbocycles. The van der Waals surface area contributed by atoms with Gasteiger partial charge >= 0.3 is 6.43 Å². The van der Waals surface area contributed by atoms with E-state index in [1.807, 2.05) is 12.1 Å². The van der Waals surface area contributed by atoms with E-state index in [0.717, 1.165) is 21.5 Å². The number of aromatic nitrogens is 3. The molecule has 0 radical (unpaired) electrons. The van der Waals surface area contributed by atoms with Gasteiger partial charge in [0.25, 0.3) is 5.89 Å². The van der Waals surface area contributed by atoms with Crippen molar-refractivity contribution in [3.63, 3.8) is 0 Å². The molecule has 0 spiro atoms. The highest BCUT2D eigenvalue weighted by molar-refractivity contribution is 7.92. The van der Waals surface area contributed by atoms with Crippen LogP contribution in [0.2, 0.25) is 0 Å². The summed E-state index contributed by atoms with van der Waals surface area (Å²) in [6.07, 6.45) is -1.69. The Morgan fingerprint density at radius 1 is 1.09 bits per heavy atom. The van der Waals surface area contributed by atoms with Crippen molar-refractivity contribution in [1.29, 1.82) is 0 Å². The van der Waals surface area contributed by atoms with E-state index in [2.05, 4.69) is 29.0 Å². The summed E-state index contributed by atoms with van der Waals surface area (Å²) in [5.74, 6) is -0.481. The number of benzene rings is 2. The van der Waals surface area contributed by atoms with Crippen LogP contribution < -0.4 is 4.31 Å². The third-order valence-corrected chi connectivity index (χ3v) is 7.18. The maximum absolute atomic E-state index is 12.7. The molecule has 2 aromatic heterocycles. The van der Waals surface area contributed by atoms with Gasteiger partial charge in [-0.3, -0.25) is 4.31 Å². The molecule has 2 aromatic carbocycles. The highest BCUT2D eigenvalue weighted by Gasteiger charge is 2.20. The third kappa shape index (κ3) is 4.63. The van der Waals surface area contributed by atoms with Crippen molar-refractivity contribution in [3.05, 3.63) is 58.9 Å². The van der Waals surface area contributed by atoms with Gasteiger partial charge < -0.3 is 4.42 Å². The first-order chi connectivity index (χ1) is 15.1. The van der Waals surface area contributed by atoms with Crippen molar-refractivity contribution in [2.24, 2.45) is 0 Å². The summed E-state index contributed by atoms with van der Waals surface area (Å²) < 4.78 is 57.6. The molecule has 0 N–H and O–H groups in total. The third-order valence-electron chi connectivity index (χ3n) is 4.73. The average molecular weight is 479 g/mol. The number of nitrogens with zero attached hydrogens (tertiary/aromatic N) is 4. The van der Waals surface area contributed by atoms with Crippen LogP contribution in [0, 0.1) is 0 Å². The first-order valence-electron chi connectivity index (χ1n) is 9.71. The monoisotopic (exact) mass is 478 g/mol. The minimum absolute atomic E-state index is 0.0246. The summed E-state index contributed by atoms with van der Waals surface area (Å²) >= 11 is 1.55. The molecule has 4 aromatic rings. The molecule has 4 rings (SSSR count). The lowest BCUT2D eigenvalue weighted by Crippen LogP contribution is -2.29. The number of hydrogen-bond donors (Lipinski definition) is 0. The molecule has 7 nitrogen and oxygen atoms in total. The summed E-state index contributed by atoms with van der Waals surface area (Å²) in [6.45, 7) is 4.23. The maximum Gasteiger partial charge on any atom is 0.314 e. The first kappa shape index (κ1) is 22.3. The fraction of sp³-hybridized carbons (Fsp3) is 0.286. The zero-order valence-electron chi connectivity index (χ0n) is 17.5. The number of sulfonamides is 1. The van der Waals surface area contributed by atoms with Crippen molar-refractivity contribution in [2.45, 2.75) is 32.7 Å². The van der Waals surface area contributed by atoms with Crippen LogP contribution in [0.1, 0.15) is 42.7 Å². The molecule has 0 amide bonds. The maximum atomic E-state index is 12.7. The van der Waals surface area contributed by atoms with Crippen LogP contribution in [0.25, 0.3) is 21.7 Å². The van der Waals surface area contributed by atoms with Crippen LogP contribution in [0.5, 0.6) is 0 Å². The van der Waals surface area contributed by atoms with Gasteiger partial charge in [0.05, 0.1) is 33.7 Å². The lowest BCUT2D eigenvalue weighted by atomic mass is 10.1. The minimum Gasteiger partial charge on any atom is -0.415 e. The van der Waals surface area contributed by atoms with Crippen LogP contribution in [-0.4, -0.2) is 29.9 Å². The molecule has 11 heteroatoms. The standard InChI is InChI=1S/C21H20F2N4O3S2/c1-12(2)21-24-16-9-8-15(10-17(16)31-21)27(32(3,28)29)11-13-4-6-14(7-5-13)19-25-26-20(30-19)18(22)23/h4-10,12,18H,11H2,1-3H3. The Labute approximate surface area is 187 Å². The Morgan fingerprint density at radius 3 is 2.41 bits per heavy atom. The van der Waals surface area contributed by atoms with E-state index in [-0.39, 0.29) is 18.4 Å². The molecule has 0 aliphatic rings. The van der Waals surface area contributed by atoms with E-state index in [4.69, 9.17) is 4.42 Å². The second-order valence-corrected chi connectivity index (χ2v) is 10.5. The molecular formula is C21H20F2N4O3S2. The molecule has 0 aliphatic carbocycles. The second-order valence-electron chi connectivity index (χ2n) is 7.57. The van der Waals surface area contributed by atoms with Gasteiger partial charge in [0.2, 0.25) is 15.9 Å². The van der Waals surface area contributed by atoms with Crippen LogP contribution in [0.15, 0.2) is 46.9 Å². The van der Waals surface area contributed by atoms with Crippen molar-refractivity contribution < 1.29 is 21.6 Å². The van der Waals surface area contributed by atoms with Gasteiger partial charge in [-0.25, -0.2) is 13.4 Å². The second kappa shape index (κ2) is 8.55. The number of fused-ring (bicyclic) bond motifs is 1. The lowest BCUT2D eigenvalue weighted by molar-refractivity contribution is 0.116. The predicted octanol–water partition coefficient (Wildman–Crippen LogP) is 5.37. The number of thiazole rings is 1. The predicted molar refractivity (Wildman–Crippen MR) is 119 cm³/mol. The van der Waals surface area contributed by atoms with Crippen LogP contribution in [0.4, 0.5) is 14.5 Å². The van der Waals surface area contributed by atoms with Crippen LogP contribution in [0.3, 0.4) is 0 Å². The highest BCUT2D eigenvalue weighted by Crippen LogP contribution is 2.32. The lowest BCUT2D eigenvalue weighted by Gasteiger charge is -2.22. The molecule has 0 atom stereocenters.